The molecule has 15 heavy (non-hydrogen) atoms. The van der Waals surface area contributed by atoms with Crippen LogP contribution in [0.5, 0.6) is 11.5 Å². The molecule has 0 aromatic heterocycles. The van der Waals surface area contributed by atoms with Crippen molar-refractivity contribution >= 4 is 0 Å². The monoisotopic (exact) mass is 207 g/mol. The lowest BCUT2D eigenvalue weighted by Gasteiger charge is -2.25. The molecule has 0 radical (unpaired) electrons. The molecule has 80 valence electrons. The molecule has 1 aromatic rings. The average molecular weight is 207 g/mol. The summed E-state index contributed by atoms with van der Waals surface area (Å²) in [7, 11) is 0. The highest BCUT2D eigenvalue weighted by atomic mass is 16.7. The van der Waals surface area contributed by atoms with E-state index in [9.17, 15) is 5.11 Å². The van der Waals surface area contributed by atoms with E-state index in [0.717, 1.165) is 30.0 Å². The summed E-state index contributed by atoms with van der Waals surface area (Å²) in [5, 5.41) is 12.5. The molecule has 0 fully saturated rings. The van der Waals surface area contributed by atoms with Crippen LogP contribution in [-0.2, 0) is 6.42 Å². The molecule has 0 amide bonds. The number of aliphatic hydroxyl groups is 1. The van der Waals surface area contributed by atoms with Crippen molar-refractivity contribution in [2.75, 3.05) is 19.9 Å². The number of hydrogen-bond donors (Lipinski definition) is 2. The lowest BCUT2D eigenvalue weighted by atomic mass is 9.94. The van der Waals surface area contributed by atoms with Crippen molar-refractivity contribution in [1.82, 2.24) is 5.32 Å². The molecular weight excluding hydrogens is 194 g/mol. The van der Waals surface area contributed by atoms with E-state index in [4.69, 9.17) is 9.47 Å². The van der Waals surface area contributed by atoms with Gasteiger partial charge in [-0.05, 0) is 36.2 Å². The van der Waals surface area contributed by atoms with Crippen molar-refractivity contribution in [1.29, 1.82) is 0 Å². The average Bonchev–Trinajstić information content (AvgIpc) is 2.72. The Balaban J connectivity index is 2.08. The first kappa shape index (κ1) is 9.00. The molecule has 2 aliphatic rings. The zero-order valence-electron chi connectivity index (χ0n) is 8.32. The predicted molar refractivity (Wildman–Crippen MR) is 54.1 cm³/mol. The second-order valence-corrected chi connectivity index (χ2v) is 3.84. The van der Waals surface area contributed by atoms with Crippen molar-refractivity contribution in [3.8, 4) is 11.5 Å². The number of aliphatic hydroxyl groups excluding tert-OH is 1. The molecule has 0 spiro atoms. The van der Waals surface area contributed by atoms with Gasteiger partial charge in [0.2, 0.25) is 6.79 Å². The molecule has 0 aliphatic carbocycles. The van der Waals surface area contributed by atoms with Crippen molar-refractivity contribution in [2.24, 2.45) is 0 Å². The zero-order chi connectivity index (χ0) is 10.3. The van der Waals surface area contributed by atoms with E-state index in [0.29, 0.717) is 6.79 Å². The van der Waals surface area contributed by atoms with Crippen LogP contribution in [0.15, 0.2) is 12.1 Å². The van der Waals surface area contributed by atoms with Gasteiger partial charge in [-0.2, -0.15) is 0 Å². The third kappa shape index (κ3) is 1.37. The van der Waals surface area contributed by atoms with Crippen LogP contribution < -0.4 is 14.8 Å². The van der Waals surface area contributed by atoms with Gasteiger partial charge in [0.05, 0.1) is 12.6 Å². The minimum atomic E-state index is 0.0308. The lowest BCUT2D eigenvalue weighted by Crippen LogP contribution is -2.31. The first-order valence-corrected chi connectivity index (χ1v) is 5.15. The number of hydrogen-bond acceptors (Lipinski definition) is 4. The molecule has 2 N–H and O–H groups in total. The molecule has 4 nitrogen and oxygen atoms in total. The summed E-state index contributed by atoms with van der Waals surface area (Å²) < 4.78 is 10.7. The Kier molecular flexibility index (Phi) is 2.04. The van der Waals surface area contributed by atoms with Gasteiger partial charge in [-0.1, -0.05) is 0 Å². The van der Waals surface area contributed by atoms with Gasteiger partial charge < -0.3 is 19.9 Å². The third-order valence-electron chi connectivity index (χ3n) is 2.98. The van der Waals surface area contributed by atoms with Crippen LogP contribution in [0, 0.1) is 0 Å². The van der Waals surface area contributed by atoms with E-state index in [2.05, 4.69) is 5.32 Å². The van der Waals surface area contributed by atoms with Gasteiger partial charge in [-0.25, -0.2) is 0 Å². The molecule has 3 rings (SSSR count). The Morgan fingerprint density at radius 1 is 1.33 bits per heavy atom. The Morgan fingerprint density at radius 2 is 2.13 bits per heavy atom. The van der Waals surface area contributed by atoms with E-state index in [1.807, 2.05) is 12.1 Å². The zero-order valence-corrected chi connectivity index (χ0v) is 8.32. The van der Waals surface area contributed by atoms with Gasteiger partial charge in [-0.3, -0.25) is 0 Å². The van der Waals surface area contributed by atoms with Crippen molar-refractivity contribution in [3.05, 3.63) is 23.3 Å². The molecule has 0 saturated carbocycles. The topological polar surface area (TPSA) is 50.7 Å². The van der Waals surface area contributed by atoms with Crippen molar-refractivity contribution in [3.63, 3.8) is 0 Å². The summed E-state index contributed by atoms with van der Waals surface area (Å²) in [6.45, 7) is 1.32. The Bertz CT molecular complexity index is 392. The number of rotatable bonds is 1. The minimum absolute atomic E-state index is 0.0308. The molecule has 2 aliphatic heterocycles. The molecule has 2 heterocycles. The van der Waals surface area contributed by atoms with Crippen LogP contribution in [0.25, 0.3) is 0 Å². The van der Waals surface area contributed by atoms with Crippen LogP contribution in [0.1, 0.15) is 17.2 Å². The number of benzene rings is 1. The fourth-order valence-corrected chi connectivity index (χ4v) is 2.19. The summed E-state index contributed by atoms with van der Waals surface area (Å²) in [5.41, 5.74) is 2.38. The number of ether oxygens (including phenoxy) is 2. The van der Waals surface area contributed by atoms with E-state index < -0.39 is 0 Å². The van der Waals surface area contributed by atoms with E-state index in [1.54, 1.807) is 0 Å². The summed E-state index contributed by atoms with van der Waals surface area (Å²) in [6, 6.07) is 4.04. The molecule has 1 aromatic carbocycles. The van der Waals surface area contributed by atoms with Gasteiger partial charge in [0, 0.05) is 0 Å². The highest BCUT2D eigenvalue weighted by Crippen LogP contribution is 2.37. The Morgan fingerprint density at radius 3 is 2.93 bits per heavy atom. The molecule has 0 saturated heterocycles. The van der Waals surface area contributed by atoms with Gasteiger partial charge in [0.15, 0.2) is 11.5 Å². The highest BCUT2D eigenvalue weighted by Gasteiger charge is 2.24. The first-order chi connectivity index (χ1) is 7.38. The maximum Gasteiger partial charge on any atom is 0.231 e. The first-order valence-electron chi connectivity index (χ1n) is 5.15. The normalized spacial score (nSPS) is 22.6. The summed E-state index contributed by atoms with van der Waals surface area (Å²) in [4.78, 5) is 0. The molecule has 1 unspecified atom stereocenters. The fourth-order valence-electron chi connectivity index (χ4n) is 2.19. The molecule has 4 heteroatoms. The van der Waals surface area contributed by atoms with Crippen LogP contribution in [0.3, 0.4) is 0 Å². The second kappa shape index (κ2) is 3.40. The third-order valence-corrected chi connectivity index (χ3v) is 2.98. The lowest BCUT2D eigenvalue weighted by molar-refractivity contribution is 0.174. The van der Waals surface area contributed by atoms with Crippen molar-refractivity contribution < 1.29 is 14.6 Å². The summed E-state index contributed by atoms with van der Waals surface area (Å²) in [6.07, 6.45) is 0.975. The quantitative estimate of drug-likeness (QED) is 0.708. The molecule has 0 bridgehead atoms. The Hall–Kier alpha value is -1.26. The van der Waals surface area contributed by atoms with Crippen LogP contribution in [-0.4, -0.2) is 25.1 Å². The van der Waals surface area contributed by atoms with E-state index in [-0.39, 0.29) is 12.6 Å². The SMILES string of the molecule is OCC1NCCc2cc3c(cc21)OCO3. The summed E-state index contributed by atoms with van der Waals surface area (Å²) in [5.74, 6) is 1.61. The standard InChI is InChI=1S/C11H13NO3/c13-5-9-8-4-11-10(14-6-15-11)3-7(8)1-2-12-9/h3-4,9,12-13H,1-2,5-6H2. The minimum Gasteiger partial charge on any atom is -0.454 e. The molecule has 1 atom stereocenters. The van der Waals surface area contributed by atoms with Crippen LogP contribution >= 0.6 is 0 Å². The van der Waals surface area contributed by atoms with E-state index >= 15 is 0 Å². The van der Waals surface area contributed by atoms with E-state index in [1.165, 1.54) is 5.56 Å². The van der Waals surface area contributed by atoms with Crippen LogP contribution in [0.4, 0.5) is 0 Å². The second-order valence-electron chi connectivity index (χ2n) is 3.84. The van der Waals surface area contributed by atoms with Gasteiger partial charge in [-0.15, -0.1) is 0 Å². The van der Waals surface area contributed by atoms with Gasteiger partial charge in [0.1, 0.15) is 0 Å². The predicted octanol–water partition coefficient (Wildman–Crippen LogP) is 0.594. The fraction of sp³-hybridized carbons (Fsp3) is 0.455. The van der Waals surface area contributed by atoms with Gasteiger partial charge >= 0.3 is 0 Å². The maximum absolute atomic E-state index is 9.25. The van der Waals surface area contributed by atoms with Gasteiger partial charge in [0.25, 0.3) is 0 Å². The Labute approximate surface area is 87.8 Å². The van der Waals surface area contributed by atoms with Crippen LogP contribution in [0.2, 0.25) is 0 Å². The number of nitrogens with one attached hydrogen (secondary N) is 1. The molecular formula is C11H13NO3. The largest absolute Gasteiger partial charge is 0.454 e. The number of fused-ring (bicyclic) bond motifs is 2. The van der Waals surface area contributed by atoms with Crippen molar-refractivity contribution in [2.45, 2.75) is 12.5 Å². The highest BCUT2D eigenvalue weighted by molar-refractivity contribution is 5.50. The maximum atomic E-state index is 9.25. The smallest absolute Gasteiger partial charge is 0.231 e. The summed E-state index contributed by atoms with van der Waals surface area (Å²) >= 11 is 0.